The second kappa shape index (κ2) is 8.91. The van der Waals surface area contributed by atoms with Gasteiger partial charge in [-0.15, -0.1) is 0 Å². The number of nitrogens with zero attached hydrogens (tertiary/aromatic N) is 1. The van der Waals surface area contributed by atoms with Crippen molar-refractivity contribution in [1.29, 1.82) is 0 Å². The first-order valence-corrected chi connectivity index (χ1v) is 10.1. The molecule has 0 unspecified atom stereocenters. The molecule has 0 radical (unpaired) electrons. The quantitative estimate of drug-likeness (QED) is 0.619. The summed E-state index contributed by atoms with van der Waals surface area (Å²) < 4.78 is 34.6. The minimum Gasteiger partial charge on any atom is -0.493 e. The van der Waals surface area contributed by atoms with E-state index in [4.69, 9.17) is 9.47 Å². The molecule has 0 aromatic heterocycles. The molecule has 3 N–H and O–H groups in total. The van der Waals surface area contributed by atoms with Gasteiger partial charge in [-0.1, -0.05) is 0 Å². The van der Waals surface area contributed by atoms with Crippen LogP contribution in [0.3, 0.4) is 0 Å². The molecule has 0 aliphatic carbocycles. The maximum absolute atomic E-state index is 12.1. The summed E-state index contributed by atoms with van der Waals surface area (Å²) in [4.78, 5) is 24.1. The van der Waals surface area contributed by atoms with Crippen LogP contribution < -0.4 is 25.6 Å². The molecule has 0 atom stereocenters. The number of methoxy groups -OCH3 is 2. The second-order valence-corrected chi connectivity index (χ2v) is 8.06. The number of rotatable bonds is 5. The fraction of sp³-hybridized carbons (Fsp3) is 0.500. The van der Waals surface area contributed by atoms with Crippen molar-refractivity contribution in [2.24, 2.45) is 5.92 Å². The van der Waals surface area contributed by atoms with Gasteiger partial charge >= 0.3 is 6.03 Å². The fourth-order valence-electron chi connectivity index (χ4n) is 2.75. The summed E-state index contributed by atoms with van der Waals surface area (Å²) in [7, 11) is -0.253. The Morgan fingerprint density at radius 1 is 1.07 bits per heavy atom. The van der Waals surface area contributed by atoms with E-state index in [9.17, 15) is 18.0 Å². The Morgan fingerprint density at radius 3 is 2.26 bits per heavy atom. The second-order valence-electron chi connectivity index (χ2n) is 6.07. The Kier molecular flexibility index (Phi) is 6.86. The minimum atomic E-state index is -3.24. The van der Waals surface area contributed by atoms with Crippen LogP contribution in [0.4, 0.5) is 10.5 Å². The number of sulfonamides is 1. The third-order valence-electron chi connectivity index (χ3n) is 4.23. The van der Waals surface area contributed by atoms with Gasteiger partial charge in [-0.2, -0.15) is 0 Å². The number of hydrogen-bond donors (Lipinski definition) is 3. The Bertz CT molecular complexity index is 790. The van der Waals surface area contributed by atoms with Crippen LogP contribution in [-0.4, -0.2) is 58.2 Å². The number of anilines is 1. The summed E-state index contributed by atoms with van der Waals surface area (Å²) in [5, 5.41) is 2.57. The molecule has 1 aliphatic rings. The summed E-state index contributed by atoms with van der Waals surface area (Å²) in [6.07, 6.45) is 1.95. The predicted molar refractivity (Wildman–Crippen MR) is 99.0 cm³/mol. The van der Waals surface area contributed by atoms with Gasteiger partial charge in [0.15, 0.2) is 11.5 Å². The van der Waals surface area contributed by atoms with Crippen LogP contribution >= 0.6 is 0 Å². The molecule has 10 nitrogen and oxygen atoms in total. The third-order valence-corrected chi connectivity index (χ3v) is 5.54. The van der Waals surface area contributed by atoms with Crippen LogP contribution in [0.15, 0.2) is 18.2 Å². The van der Waals surface area contributed by atoms with E-state index in [0.717, 1.165) is 6.26 Å². The lowest BCUT2D eigenvalue weighted by Crippen LogP contribution is -2.49. The minimum absolute atomic E-state index is 0.286. The van der Waals surface area contributed by atoms with E-state index in [1.54, 1.807) is 18.2 Å². The van der Waals surface area contributed by atoms with E-state index in [1.165, 1.54) is 18.5 Å². The largest absolute Gasteiger partial charge is 0.493 e. The van der Waals surface area contributed by atoms with Crippen molar-refractivity contribution in [3.63, 3.8) is 0 Å². The SMILES string of the molecule is COc1ccc(NC(=O)NNC(=O)C2CCN(S(C)(=O)=O)CC2)cc1OC. The van der Waals surface area contributed by atoms with Crippen LogP contribution in [0, 0.1) is 5.92 Å². The summed E-state index contributed by atoms with van der Waals surface area (Å²) in [6.45, 7) is 0.573. The Hall–Kier alpha value is -2.53. The van der Waals surface area contributed by atoms with Crippen LogP contribution in [0.1, 0.15) is 12.8 Å². The zero-order valence-electron chi connectivity index (χ0n) is 15.4. The molecule has 1 aromatic carbocycles. The molecular weight excluding hydrogens is 376 g/mol. The standard InChI is InChI=1S/C16H24N4O6S/c1-25-13-5-4-12(10-14(13)26-2)17-16(22)19-18-15(21)11-6-8-20(9-7-11)27(3,23)24/h4-5,10-11H,6-9H2,1-3H3,(H,18,21)(H2,17,19,22). The molecule has 3 amide bonds. The van der Waals surface area contributed by atoms with Crippen molar-refractivity contribution in [2.45, 2.75) is 12.8 Å². The molecule has 1 aliphatic heterocycles. The van der Waals surface area contributed by atoms with Crippen LogP contribution in [0.2, 0.25) is 0 Å². The number of ether oxygens (including phenoxy) is 2. The third kappa shape index (κ3) is 5.73. The summed E-state index contributed by atoms with van der Waals surface area (Å²) in [5.41, 5.74) is 5.09. The lowest BCUT2D eigenvalue weighted by Gasteiger charge is -2.29. The molecular formula is C16H24N4O6S. The number of carbonyl (C=O) groups excluding carboxylic acids is 2. The highest BCUT2D eigenvalue weighted by Crippen LogP contribution is 2.29. The molecule has 0 saturated carbocycles. The lowest BCUT2D eigenvalue weighted by molar-refractivity contribution is -0.126. The number of benzene rings is 1. The van der Waals surface area contributed by atoms with Crippen molar-refractivity contribution in [1.82, 2.24) is 15.2 Å². The Labute approximate surface area is 158 Å². The topological polar surface area (TPSA) is 126 Å². The van der Waals surface area contributed by atoms with Crippen molar-refractivity contribution in [3.8, 4) is 11.5 Å². The number of carbonyl (C=O) groups is 2. The van der Waals surface area contributed by atoms with Crippen molar-refractivity contribution >= 4 is 27.6 Å². The maximum atomic E-state index is 12.1. The van der Waals surface area contributed by atoms with Crippen LogP contribution in [0.25, 0.3) is 0 Å². The molecule has 27 heavy (non-hydrogen) atoms. The summed E-state index contributed by atoms with van der Waals surface area (Å²) >= 11 is 0. The van der Waals surface area contributed by atoms with Gasteiger partial charge < -0.3 is 14.8 Å². The summed E-state index contributed by atoms with van der Waals surface area (Å²) in [6, 6.07) is 4.23. The summed E-state index contributed by atoms with van der Waals surface area (Å²) in [5.74, 6) is 0.268. The van der Waals surface area contributed by atoms with Crippen LogP contribution in [0.5, 0.6) is 11.5 Å². The van der Waals surface area contributed by atoms with E-state index in [0.29, 0.717) is 30.0 Å². The van der Waals surface area contributed by atoms with Gasteiger partial charge in [0.2, 0.25) is 15.9 Å². The number of urea groups is 1. The van der Waals surface area contributed by atoms with Crippen LogP contribution in [-0.2, 0) is 14.8 Å². The van der Waals surface area contributed by atoms with E-state index in [2.05, 4.69) is 16.2 Å². The smallest absolute Gasteiger partial charge is 0.337 e. The monoisotopic (exact) mass is 400 g/mol. The number of nitrogens with one attached hydrogen (secondary N) is 3. The molecule has 1 heterocycles. The highest BCUT2D eigenvalue weighted by molar-refractivity contribution is 7.88. The predicted octanol–water partition coefficient (Wildman–Crippen LogP) is 0.528. The number of piperidine rings is 1. The molecule has 1 fully saturated rings. The van der Waals surface area contributed by atoms with Gasteiger partial charge in [-0.05, 0) is 25.0 Å². The fourth-order valence-corrected chi connectivity index (χ4v) is 3.62. The lowest BCUT2D eigenvalue weighted by atomic mass is 9.98. The van der Waals surface area contributed by atoms with Gasteiger partial charge in [-0.3, -0.25) is 10.2 Å². The molecule has 150 valence electrons. The van der Waals surface area contributed by atoms with Gasteiger partial charge in [-0.25, -0.2) is 22.9 Å². The first-order valence-electron chi connectivity index (χ1n) is 8.28. The van der Waals surface area contributed by atoms with Gasteiger partial charge in [0.25, 0.3) is 0 Å². The Balaban J connectivity index is 1.81. The average molecular weight is 400 g/mol. The van der Waals surface area contributed by atoms with Crippen molar-refractivity contribution in [2.75, 3.05) is 38.9 Å². The highest BCUT2D eigenvalue weighted by Gasteiger charge is 2.29. The highest BCUT2D eigenvalue weighted by atomic mass is 32.2. The van der Waals surface area contributed by atoms with Gasteiger partial charge in [0, 0.05) is 30.8 Å². The van der Waals surface area contributed by atoms with E-state index < -0.39 is 16.1 Å². The van der Waals surface area contributed by atoms with E-state index in [-0.39, 0.29) is 24.9 Å². The van der Waals surface area contributed by atoms with Crippen molar-refractivity contribution < 1.29 is 27.5 Å². The van der Waals surface area contributed by atoms with Crippen molar-refractivity contribution in [3.05, 3.63) is 18.2 Å². The van der Waals surface area contributed by atoms with E-state index in [1.807, 2.05) is 0 Å². The first-order chi connectivity index (χ1) is 12.7. The number of hydrazine groups is 1. The average Bonchev–Trinajstić information content (AvgIpc) is 2.65. The molecule has 2 rings (SSSR count). The first kappa shape index (κ1) is 20.8. The molecule has 1 aromatic rings. The number of hydrogen-bond acceptors (Lipinski definition) is 6. The van der Waals surface area contributed by atoms with E-state index >= 15 is 0 Å². The molecule has 0 spiro atoms. The molecule has 0 bridgehead atoms. The molecule has 1 saturated heterocycles. The van der Waals surface area contributed by atoms with Gasteiger partial charge in [0.05, 0.1) is 20.5 Å². The maximum Gasteiger partial charge on any atom is 0.337 e. The number of amides is 3. The Morgan fingerprint density at radius 2 is 1.70 bits per heavy atom. The van der Waals surface area contributed by atoms with Gasteiger partial charge in [0.1, 0.15) is 0 Å². The zero-order chi connectivity index (χ0) is 20.0. The molecule has 11 heteroatoms. The zero-order valence-corrected chi connectivity index (χ0v) is 16.3. The normalized spacial score (nSPS) is 15.7.